The highest BCUT2D eigenvalue weighted by Gasteiger charge is 2.31. The second-order valence-corrected chi connectivity index (χ2v) is 11.3. The number of morpholine rings is 1. The molecular formula is C34H41Cl2N3O4. The summed E-state index contributed by atoms with van der Waals surface area (Å²) in [5.41, 5.74) is 3.39. The molecule has 1 saturated heterocycles. The lowest BCUT2D eigenvalue weighted by atomic mass is 9.95. The summed E-state index contributed by atoms with van der Waals surface area (Å²) >= 11 is 12.4. The fourth-order valence-electron chi connectivity index (χ4n) is 5.05. The molecule has 0 bridgehead atoms. The van der Waals surface area contributed by atoms with Crippen molar-refractivity contribution in [3.8, 4) is 11.5 Å². The molecule has 1 N–H and O–H groups in total. The molecule has 9 heteroatoms. The van der Waals surface area contributed by atoms with Gasteiger partial charge in [-0.15, -0.1) is 0 Å². The fraction of sp³-hybridized carbons (Fsp3) is 0.382. The van der Waals surface area contributed by atoms with Crippen molar-refractivity contribution >= 4 is 29.3 Å². The number of carbonyl (C=O) groups is 1. The summed E-state index contributed by atoms with van der Waals surface area (Å²) < 4.78 is 17.3. The highest BCUT2D eigenvalue weighted by atomic mass is 35.5. The average molecular weight is 627 g/mol. The molecule has 7 nitrogen and oxygen atoms in total. The molecule has 2 aromatic carbocycles. The van der Waals surface area contributed by atoms with Gasteiger partial charge in [-0.05, 0) is 98.5 Å². The predicted octanol–water partition coefficient (Wildman–Crippen LogP) is 7.51. The Bertz CT molecular complexity index is 1320. The third-order valence-corrected chi connectivity index (χ3v) is 7.99. The third kappa shape index (κ3) is 9.63. The lowest BCUT2D eigenvalue weighted by molar-refractivity contribution is 0.0368. The van der Waals surface area contributed by atoms with Crippen LogP contribution in [0.2, 0.25) is 5.02 Å². The van der Waals surface area contributed by atoms with E-state index in [4.69, 9.17) is 37.4 Å². The van der Waals surface area contributed by atoms with E-state index in [-0.39, 0.29) is 0 Å². The largest absolute Gasteiger partial charge is 0.494 e. The minimum atomic E-state index is -0.484. The molecule has 2 aliphatic heterocycles. The van der Waals surface area contributed by atoms with E-state index >= 15 is 0 Å². The van der Waals surface area contributed by atoms with Crippen LogP contribution in [0.1, 0.15) is 38.3 Å². The van der Waals surface area contributed by atoms with E-state index in [1.165, 1.54) is 0 Å². The summed E-state index contributed by atoms with van der Waals surface area (Å²) in [6.07, 6.45) is 7.19. The van der Waals surface area contributed by atoms with E-state index in [1.54, 1.807) is 29.2 Å². The Morgan fingerprint density at radius 1 is 1.07 bits per heavy atom. The normalized spacial score (nSPS) is 18.8. The number of carbonyl (C=O) groups excluding carboxylic acids is 1. The first-order chi connectivity index (χ1) is 20.9. The number of amides is 1. The highest BCUT2D eigenvalue weighted by molar-refractivity contribution is 6.31. The Balaban J connectivity index is 1.54. The second kappa shape index (κ2) is 16.6. The molecule has 1 fully saturated rings. The van der Waals surface area contributed by atoms with Gasteiger partial charge in [0.25, 0.3) is 0 Å². The first-order valence-corrected chi connectivity index (χ1v) is 15.6. The molecule has 2 aliphatic rings. The van der Waals surface area contributed by atoms with Gasteiger partial charge in [-0.2, -0.15) is 0 Å². The number of unbranched alkanes of at least 4 members (excludes halogenated alkanes) is 1. The summed E-state index contributed by atoms with van der Waals surface area (Å²) in [6, 6.07) is 14.2. The van der Waals surface area contributed by atoms with Gasteiger partial charge in [0.05, 0.1) is 19.8 Å². The van der Waals surface area contributed by atoms with E-state index in [0.29, 0.717) is 35.5 Å². The number of likely N-dealkylation sites (N-methyl/N-ethyl adjacent to an activating group) is 1. The van der Waals surface area contributed by atoms with Crippen LogP contribution in [0.5, 0.6) is 11.5 Å². The predicted molar refractivity (Wildman–Crippen MR) is 174 cm³/mol. The zero-order chi connectivity index (χ0) is 30.6. The first-order valence-electron chi connectivity index (χ1n) is 14.8. The lowest BCUT2D eigenvalue weighted by Gasteiger charge is -2.34. The summed E-state index contributed by atoms with van der Waals surface area (Å²) in [5, 5.41) is 4.68. The quantitative estimate of drug-likeness (QED) is 0.261. The monoisotopic (exact) mass is 625 g/mol. The number of hydrogen-bond acceptors (Lipinski definition) is 6. The minimum absolute atomic E-state index is 0.399. The Hall–Kier alpha value is -3.23. The van der Waals surface area contributed by atoms with Crippen LogP contribution in [-0.4, -0.2) is 68.4 Å². The summed E-state index contributed by atoms with van der Waals surface area (Å²) in [5.74, 6) is 1.20. The maximum atomic E-state index is 13.6. The molecular weight excluding hydrogens is 585 g/mol. The Kier molecular flexibility index (Phi) is 12.6. The number of nitrogens with zero attached hydrogens (tertiary/aromatic N) is 2. The molecule has 4 rings (SSSR count). The van der Waals surface area contributed by atoms with Gasteiger partial charge in [-0.1, -0.05) is 48.0 Å². The van der Waals surface area contributed by atoms with Gasteiger partial charge in [0.1, 0.15) is 17.5 Å². The van der Waals surface area contributed by atoms with Crippen LogP contribution >= 0.6 is 23.2 Å². The van der Waals surface area contributed by atoms with E-state index in [2.05, 4.69) is 16.8 Å². The molecule has 0 aromatic heterocycles. The van der Waals surface area contributed by atoms with Gasteiger partial charge in [0, 0.05) is 41.9 Å². The number of nitrogens with one attached hydrogen (secondary N) is 1. The zero-order valence-electron chi connectivity index (χ0n) is 25.0. The second-order valence-electron chi connectivity index (χ2n) is 10.5. The standard InChI is InChI=1S/C34H41Cl2N3O4/c1-4-39(34(40)43-31-15-11-28(35)12-16-31)33(32-26(3)25(2)24-29(36)8-7-17-37-32)27-9-13-30(14-10-27)42-21-6-5-18-38-19-22-41-23-20-38/h7-16,24,33,37H,2,4-6,17-23H2,1,3H3/b8-7-,29-24+,32-26?. The fourth-order valence-corrected chi connectivity index (χ4v) is 5.40. The average Bonchev–Trinajstić information content (AvgIpc) is 3.07. The van der Waals surface area contributed by atoms with Gasteiger partial charge in [0.2, 0.25) is 0 Å². The molecule has 1 unspecified atom stereocenters. The van der Waals surface area contributed by atoms with Crippen molar-refractivity contribution < 1.29 is 19.0 Å². The minimum Gasteiger partial charge on any atom is -0.494 e. The van der Waals surface area contributed by atoms with Gasteiger partial charge in [0.15, 0.2) is 0 Å². The summed E-state index contributed by atoms with van der Waals surface area (Å²) in [4.78, 5) is 17.8. The van der Waals surface area contributed by atoms with Crippen LogP contribution in [0.3, 0.4) is 0 Å². The number of hydrogen-bond donors (Lipinski definition) is 1. The third-order valence-electron chi connectivity index (χ3n) is 7.50. The maximum Gasteiger partial charge on any atom is 0.416 e. The van der Waals surface area contributed by atoms with Crippen molar-refractivity contribution in [1.82, 2.24) is 15.1 Å². The van der Waals surface area contributed by atoms with Crippen LogP contribution in [-0.2, 0) is 4.74 Å². The Morgan fingerprint density at radius 2 is 1.77 bits per heavy atom. The van der Waals surface area contributed by atoms with E-state index < -0.39 is 12.1 Å². The SMILES string of the molecule is C=C1/C=C(Cl)\C=C/CNC(C(c2ccc(OCCCCN3CCOCC3)cc2)N(CC)C(=O)Oc2ccc(Cl)cc2)=C1C. The van der Waals surface area contributed by atoms with Crippen molar-refractivity contribution in [3.05, 3.63) is 106 Å². The van der Waals surface area contributed by atoms with Crippen LogP contribution in [0.4, 0.5) is 4.79 Å². The summed E-state index contributed by atoms with van der Waals surface area (Å²) in [7, 11) is 0. The molecule has 230 valence electrons. The lowest BCUT2D eigenvalue weighted by Crippen LogP contribution is -2.41. The molecule has 1 amide bonds. The van der Waals surface area contributed by atoms with Crippen molar-refractivity contribution in [3.63, 3.8) is 0 Å². The first kappa shape index (κ1) is 32.7. The van der Waals surface area contributed by atoms with Gasteiger partial charge in [-0.25, -0.2) is 4.79 Å². The highest BCUT2D eigenvalue weighted by Crippen LogP contribution is 2.34. The number of halogens is 2. The van der Waals surface area contributed by atoms with Gasteiger partial charge < -0.3 is 19.5 Å². The molecule has 0 spiro atoms. The van der Waals surface area contributed by atoms with Crippen LogP contribution < -0.4 is 14.8 Å². The van der Waals surface area contributed by atoms with Crippen molar-refractivity contribution in [1.29, 1.82) is 0 Å². The van der Waals surface area contributed by atoms with Gasteiger partial charge >= 0.3 is 6.09 Å². The molecule has 0 aliphatic carbocycles. The van der Waals surface area contributed by atoms with Crippen LogP contribution in [0.25, 0.3) is 0 Å². The van der Waals surface area contributed by atoms with E-state index in [0.717, 1.165) is 73.8 Å². The van der Waals surface area contributed by atoms with Crippen LogP contribution in [0, 0.1) is 0 Å². The van der Waals surface area contributed by atoms with E-state index in [1.807, 2.05) is 56.3 Å². The molecule has 43 heavy (non-hydrogen) atoms. The van der Waals surface area contributed by atoms with Crippen LogP contribution in [0.15, 0.2) is 95.2 Å². The number of allylic oxidation sites excluding steroid dienone is 5. The van der Waals surface area contributed by atoms with Crippen molar-refractivity contribution in [2.75, 3.05) is 52.5 Å². The Morgan fingerprint density at radius 3 is 2.47 bits per heavy atom. The van der Waals surface area contributed by atoms with Crippen molar-refractivity contribution in [2.24, 2.45) is 0 Å². The Labute approximate surface area is 265 Å². The maximum absolute atomic E-state index is 13.6. The zero-order valence-corrected chi connectivity index (χ0v) is 26.5. The smallest absolute Gasteiger partial charge is 0.416 e. The number of benzene rings is 2. The number of rotatable bonds is 11. The number of ether oxygens (including phenoxy) is 3. The topological polar surface area (TPSA) is 63.3 Å². The summed E-state index contributed by atoms with van der Waals surface area (Å²) in [6.45, 7) is 14.4. The molecule has 0 radical (unpaired) electrons. The van der Waals surface area contributed by atoms with Crippen molar-refractivity contribution in [2.45, 2.75) is 32.7 Å². The molecule has 0 saturated carbocycles. The molecule has 1 atom stereocenters. The van der Waals surface area contributed by atoms with Gasteiger partial charge in [-0.3, -0.25) is 9.80 Å². The molecule has 2 heterocycles. The molecule has 2 aromatic rings. The van der Waals surface area contributed by atoms with E-state index in [9.17, 15) is 4.79 Å².